The van der Waals surface area contributed by atoms with Gasteiger partial charge < -0.3 is 10.6 Å². The quantitative estimate of drug-likeness (QED) is 0.856. The van der Waals surface area contributed by atoms with Crippen molar-refractivity contribution in [1.29, 1.82) is 0 Å². The maximum absolute atomic E-state index is 5.90. The molecule has 0 saturated heterocycles. The number of hydrogen-bond acceptors (Lipinski definition) is 3. The first kappa shape index (κ1) is 13.9. The van der Waals surface area contributed by atoms with Gasteiger partial charge in [-0.1, -0.05) is 6.07 Å². The number of nitrogens with zero attached hydrogens (tertiary/aromatic N) is 2. The molecule has 1 aromatic rings. The molecule has 1 saturated carbocycles. The second kappa shape index (κ2) is 5.05. The van der Waals surface area contributed by atoms with Gasteiger partial charge >= 0.3 is 0 Å². The highest BCUT2D eigenvalue weighted by atomic mass is 15.2. The normalized spacial score (nSPS) is 23.9. The van der Waals surface area contributed by atoms with Crippen LogP contribution in [0.25, 0.3) is 0 Å². The van der Waals surface area contributed by atoms with Crippen LogP contribution in [0.5, 0.6) is 0 Å². The molecule has 1 unspecified atom stereocenters. The van der Waals surface area contributed by atoms with Gasteiger partial charge in [0.25, 0.3) is 0 Å². The molecule has 0 bridgehead atoms. The summed E-state index contributed by atoms with van der Waals surface area (Å²) >= 11 is 0. The van der Waals surface area contributed by atoms with Crippen LogP contribution >= 0.6 is 0 Å². The van der Waals surface area contributed by atoms with Crippen molar-refractivity contribution in [3.63, 3.8) is 0 Å². The van der Waals surface area contributed by atoms with Crippen LogP contribution in [-0.2, 0) is 6.42 Å². The zero-order chi connectivity index (χ0) is 14.3. The Hall–Kier alpha value is -1.06. The van der Waals surface area contributed by atoms with Crippen LogP contribution in [0.2, 0.25) is 0 Å². The van der Waals surface area contributed by atoms with E-state index in [1.807, 2.05) is 0 Å². The molecule has 0 heterocycles. The van der Waals surface area contributed by atoms with Crippen LogP contribution in [0.15, 0.2) is 18.2 Å². The molecule has 3 nitrogen and oxygen atoms in total. The molecule has 2 aliphatic carbocycles. The van der Waals surface area contributed by atoms with Crippen molar-refractivity contribution >= 4 is 5.69 Å². The fraction of sp³-hybridized carbons (Fsp3) is 0.647. The number of benzene rings is 1. The molecule has 3 heteroatoms. The Morgan fingerprint density at radius 2 is 2.00 bits per heavy atom. The minimum atomic E-state index is 0.408. The summed E-state index contributed by atoms with van der Waals surface area (Å²) in [6.45, 7) is 1.18. The Bertz CT molecular complexity index is 491. The van der Waals surface area contributed by atoms with E-state index in [9.17, 15) is 0 Å². The van der Waals surface area contributed by atoms with Gasteiger partial charge in [0.05, 0.1) is 0 Å². The van der Waals surface area contributed by atoms with E-state index < -0.39 is 0 Å². The van der Waals surface area contributed by atoms with E-state index in [0.29, 0.717) is 11.6 Å². The fourth-order valence-corrected chi connectivity index (χ4v) is 3.98. The highest BCUT2D eigenvalue weighted by Gasteiger charge is 2.41. The molecule has 1 fully saturated rings. The second-order valence-corrected chi connectivity index (χ2v) is 6.90. The highest BCUT2D eigenvalue weighted by Crippen LogP contribution is 2.41. The van der Waals surface area contributed by atoms with Crippen molar-refractivity contribution in [2.75, 3.05) is 33.4 Å². The van der Waals surface area contributed by atoms with Crippen molar-refractivity contribution in [2.24, 2.45) is 0 Å². The zero-order valence-corrected chi connectivity index (χ0v) is 13.0. The number of likely N-dealkylation sites (N-methyl/N-ethyl adjacent to an activating group) is 2. The molecule has 0 amide bonds. The average Bonchev–Trinajstić information content (AvgIpc) is 2.75. The van der Waals surface area contributed by atoms with E-state index in [1.165, 1.54) is 49.8 Å². The molecule has 110 valence electrons. The molecule has 0 aromatic heterocycles. The molecular weight excluding hydrogens is 246 g/mol. The molecule has 0 aliphatic heterocycles. The summed E-state index contributed by atoms with van der Waals surface area (Å²) in [5.41, 5.74) is 10.2. The SMILES string of the molecule is CN(CC1(N(C)C)CCC1)C1CCc2cc(N)ccc21. The molecule has 2 N–H and O–H groups in total. The Morgan fingerprint density at radius 1 is 1.25 bits per heavy atom. The van der Waals surface area contributed by atoms with Crippen LogP contribution in [0.4, 0.5) is 5.69 Å². The van der Waals surface area contributed by atoms with Gasteiger partial charge in [-0.05, 0) is 76.5 Å². The van der Waals surface area contributed by atoms with Gasteiger partial charge in [0.2, 0.25) is 0 Å². The number of rotatable bonds is 4. The molecule has 0 radical (unpaired) electrons. The summed E-state index contributed by atoms with van der Waals surface area (Å²) in [6, 6.07) is 7.02. The van der Waals surface area contributed by atoms with E-state index in [-0.39, 0.29) is 0 Å². The van der Waals surface area contributed by atoms with E-state index in [4.69, 9.17) is 5.73 Å². The molecule has 1 aromatic carbocycles. The van der Waals surface area contributed by atoms with Gasteiger partial charge in [-0.2, -0.15) is 0 Å². The number of nitrogens with two attached hydrogens (primary N) is 1. The minimum Gasteiger partial charge on any atom is -0.399 e. The van der Waals surface area contributed by atoms with E-state index in [1.54, 1.807) is 0 Å². The number of fused-ring (bicyclic) bond motifs is 1. The number of anilines is 1. The van der Waals surface area contributed by atoms with Gasteiger partial charge in [-0.3, -0.25) is 4.90 Å². The lowest BCUT2D eigenvalue weighted by molar-refractivity contribution is 0.0159. The summed E-state index contributed by atoms with van der Waals surface area (Å²) in [5.74, 6) is 0. The lowest BCUT2D eigenvalue weighted by Gasteiger charge is -2.50. The largest absolute Gasteiger partial charge is 0.399 e. The average molecular weight is 273 g/mol. The van der Waals surface area contributed by atoms with Crippen molar-refractivity contribution in [3.05, 3.63) is 29.3 Å². The molecule has 0 spiro atoms. The standard InChI is InChI=1S/C17H27N3/c1-19(2)17(9-4-10-17)12-20(3)16-8-5-13-11-14(18)6-7-15(13)16/h6-7,11,16H,4-5,8-10,12,18H2,1-3H3. The Balaban J connectivity index is 1.75. The first-order valence-electron chi connectivity index (χ1n) is 7.78. The second-order valence-electron chi connectivity index (χ2n) is 6.90. The maximum atomic E-state index is 5.90. The van der Waals surface area contributed by atoms with Crippen LogP contribution in [0.3, 0.4) is 0 Å². The third kappa shape index (κ3) is 2.23. The number of aryl methyl sites for hydroxylation is 1. The van der Waals surface area contributed by atoms with E-state index in [2.05, 4.69) is 49.1 Å². The summed E-state index contributed by atoms with van der Waals surface area (Å²) in [4.78, 5) is 5.01. The van der Waals surface area contributed by atoms with E-state index in [0.717, 1.165) is 5.69 Å². The zero-order valence-electron chi connectivity index (χ0n) is 13.0. The van der Waals surface area contributed by atoms with Gasteiger partial charge in [-0.25, -0.2) is 0 Å². The summed E-state index contributed by atoms with van der Waals surface area (Å²) in [5, 5.41) is 0. The third-order valence-corrected chi connectivity index (χ3v) is 5.52. The van der Waals surface area contributed by atoms with Crippen LogP contribution in [0, 0.1) is 0 Å². The van der Waals surface area contributed by atoms with Crippen LogP contribution in [-0.4, -0.2) is 43.0 Å². The monoisotopic (exact) mass is 273 g/mol. The Morgan fingerprint density at radius 3 is 2.60 bits per heavy atom. The minimum absolute atomic E-state index is 0.408. The Labute approximate surface area is 122 Å². The first-order chi connectivity index (χ1) is 9.52. The first-order valence-corrected chi connectivity index (χ1v) is 7.78. The van der Waals surface area contributed by atoms with E-state index >= 15 is 0 Å². The van der Waals surface area contributed by atoms with Crippen molar-refractivity contribution in [3.8, 4) is 0 Å². The third-order valence-electron chi connectivity index (χ3n) is 5.52. The van der Waals surface area contributed by atoms with Gasteiger partial charge in [0.1, 0.15) is 0 Å². The molecule has 1 atom stereocenters. The van der Waals surface area contributed by atoms with Crippen molar-refractivity contribution in [2.45, 2.75) is 43.7 Å². The smallest absolute Gasteiger partial charge is 0.0351 e. The van der Waals surface area contributed by atoms with Crippen LogP contribution in [0.1, 0.15) is 42.9 Å². The summed E-state index contributed by atoms with van der Waals surface area (Å²) < 4.78 is 0. The highest BCUT2D eigenvalue weighted by molar-refractivity contribution is 5.47. The topological polar surface area (TPSA) is 32.5 Å². The lowest BCUT2D eigenvalue weighted by atomic mass is 9.75. The predicted octanol–water partition coefficient (Wildman–Crippen LogP) is 2.67. The maximum Gasteiger partial charge on any atom is 0.0351 e. The summed E-state index contributed by atoms with van der Waals surface area (Å²) in [7, 11) is 6.76. The molecule has 20 heavy (non-hydrogen) atoms. The predicted molar refractivity (Wildman–Crippen MR) is 84.8 cm³/mol. The van der Waals surface area contributed by atoms with Gasteiger partial charge in [-0.15, -0.1) is 0 Å². The van der Waals surface area contributed by atoms with Gasteiger partial charge in [0, 0.05) is 23.8 Å². The molecule has 3 rings (SSSR count). The summed E-state index contributed by atoms with van der Waals surface area (Å²) in [6.07, 6.45) is 6.46. The lowest BCUT2D eigenvalue weighted by Crippen LogP contribution is -2.56. The van der Waals surface area contributed by atoms with Gasteiger partial charge in [0.15, 0.2) is 0 Å². The molecular formula is C17H27N3. The number of hydrogen-bond donors (Lipinski definition) is 1. The molecule has 2 aliphatic rings. The Kier molecular flexibility index (Phi) is 3.51. The van der Waals surface area contributed by atoms with Crippen LogP contribution < -0.4 is 5.73 Å². The van der Waals surface area contributed by atoms with Crippen molar-refractivity contribution in [1.82, 2.24) is 9.80 Å². The number of nitrogen functional groups attached to an aromatic ring is 1. The fourth-order valence-electron chi connectivity index (χ4n) is 3.98. The van der Waals surface area contributed by atoms with Crippen molar-refractivity contribution < 1.29 is 0 Å².